The first-order chi connectivity index (χ1) is 11.6. The average Bonchev–Trinajstić information content (AvgIpc) is 2.47. The van der Waals surface area contributed by atoms with E-state index in [2.05, 4.69) is 5.32 Å². The van der Waals surface area contributed by atoms with Gasteiger partial charge in [0.1, 0.15) is 11.5 Å². The van der Waals surface area contributed by atoms with E-state index >= 15 is 0 Å². The molecule has 138 valence electrons. The molecule has 1 aliphatic heterocycles. The predicted octanol–water partition coefficient (Wildman–Crippen LogP) is 0.984. The van der Waals surface area contributed by atoms with Crippen molar-refractivity contribution in [1.29, 1.82) is 0 Å². The summed E-state index contributed by atoms with van der Waals surface area (Å²) in [4.78, 5) is 25.7. The number of nitrogens with one attached hydrogen (secondary N) is 1. The van der Waals surface area contributed by atoms with Gasteiger partial charge >= 0.3 is 0 Å². The molecule has 0 aliphatic carbocycles. The molecule has 2 rings (SSSR count). The van der Waals surface area contributed by atoms with Crippen molar-refractivity contribution in [3.05, 3.63) is 29.8 Å². The van der Waals surface area contributed by atoms with Gasteiger partial charge in [-0.25, -0.2) is 8.42 Å². The van der Waals surface area contributed by atoms with E-state index in [9.17, 15) is 18.0 Å². The first kappa shape index (κ1) is 19.4. The first-order valence-electron chi connectivity index (χ1n) is 8.15. The molecular weight excluding hydrogens is 344 g/mol. The number of anilines is 1. The van der Waals surface area contributed by atoms with E-state index in [-0.39, 0.29) is 12.2 Å². The van der Waals surface area contributed by atoms with E-state index in [1.54, 1.807) is 12.1 Å². The van der Waals surface area contributed by atoms with Crippen molar-refractivity contribution in [2.45, 2.75) is 33.0 Å². The van der Waals surface area contributed by atoms with E-state index in [0.717, 1.165) is 5.56 Å². The molecule has 8 heteroatoms. The molecule has 1 aromatic carbocycles. The van der Waals surface area contributed by atoms with Crippen molar-refractivity contribution in [3.8, 4) is 0 Å². The van der Waals surface area contributed by atoms with Gasteiger partial charge in [0, 0.05) is 18.8 Å². The van der Waals surface area contributed by atoms with Crippen molar-refractivity contribution in [2.24, 2.45) is 0 Å². The van der Waals surface area contributed by atoms with Crippen molar-refractivity contribution in [3.63, 3.8) is 0 Å². The van der Waals surface area contributed by atoms with Crippen molar-refractivity contribution in [1.82, 2.24) is 4.90 Å². The Morgan fingerprint density at radius 1 is 1.12 bits per heavy atom. The van der Waals surface area contributed by atoms with E-state index in [0.29, 0.717) is 18.8 Å². The zero-order valence-corrected chi connectivity index (χ0v) is 15.5. The lowest BCUT2D eigenvalue weighted by Crippen LogP contribution is -2.50. The van der Waals surface area contributed by atoms with Crippen LogP contribution < -0.4 is 5.32 Å². The van der Waals surface area contributed by atoms with Gasteiger partial charge in [-0.05, 0) is 32.9 Å². The lowest BCUT2D eigenvalue weighted by Gasteiger charge is -2.35. The summed E-state index contributed by atoms with van der Waals surface area (Å²) >= 11 is 0. The van der Waals surface area contributed by atoms with Crippen LogP contribution in [0.3, 0.4) is 0 Å². The van der Waals surface area contributed by atoms with E-state index in [4.69, 9.17) is 4.74 Å². The highest BCUT2D eigenvalue weighted by atomic mass is 32.2. The van der Waals surface area contributed by atoms with Gasteiger partial charge in [0.05, 0.1) is 12.2 Å². The monoisotopic (exact) mass is 368 g/mol. The molecule has 1 heterocycles. The summed E-state index contributed by atoms with van der Waals surface area (Å²) in [6.45, 7) is 6.29. The second-order valence-electron chi connectivity index (χ2n) is 6.50. The summed E-state index contributed by atoms with van der Waals surface area (Å²) in [5, 5.41) is 2.53. The number of ether oxygens (including phenoxy) is 1. The topological polar surface area (TPSA) is 92.8 Å². The van der Waals surface area contributed by atoms with Crippen LogP contribution in [0.25, 0.3) is 0 Å². The minimum absolute atomic E-state index is 0.139. The molecule has 0 bridgehead atoms. The Bertz CT molecular complexity index is 720. The van der Waals surface area contributed by atoms with Crippen LogP contribution in [0.1, 0.15) is 19.4 Å². The number of sulfone groups is 1. The summed E-state index contributed by atoms with van der Waals surface area (Å²) in [6, 6.07) is 7.02. The molecular formula is C17H24N2O5S. The van der Waals surface area contributed by atoms with Crippen molar-refractivity contribution >= 4 is 27.3 Å². The highest BCUT2D eigenvalue weighted by Gasteiger charge is 2.29. The summed E-state index contributed by atoms with van der Waals surface area (Å²) in [5.74, 6) is -2.54. The molecule has 0 saturated carbocycles. The summed E-state index contributed by atoms with van der Waals surface area (Å²) in [5.41, 5.74) is 1.55. The van der Waals surface area contributed by atoms with Gasteiger partial charge in [-0.15, -0.1) is 0 Å². The van der Waals surface area contributed by atoms with E-state index in [1.165, 1.54) is 4.90 Å². The fourth-order valence-electron chi connectivity index (χ4n) is 2.75. The Morgan fingerprint density at radius 2 is 1.68 bits per heavy atom. The smallest absolute Gasteiger partial charge is 0.239 e. The number of morpholine rings is 1. The fraction of sp³-hybridized carbons (Fsp3) is 0.529. The predicted molar refractivity (Wildman–Crippen MR) is 95.1 cm³/mol. The van der Waals surface area contributed by atoms with Crippen LogP contribution in [0.15, 0.2) is 24.3 Å². The van der Waals surface area contributed by atoms with Gasteiger partial charge in [-0.3, -0.25) is 9.59 Å². The Labute approximate surface area is 148 Å². The Morgan fingerprint density at radius 3 is 2.24 bits per heavy atom. The number of amides is 2. The highest BCUT2D eigenvalue weighted by molar-refractivity contribution is 7.92. The van der Waals surface area contributed by atoms with Crippen LogP contribution >= 0.6 is 0 Å². The van der Waals surface area contributed by atoms with Gasteiger partial charge in [0.2, 0.25) is 11.8 Å². The molecule has 1 N–H and O–H groups in total. The summed E-state index contributed by atoms with van der Waals surface area (Å²) in [7, 11) is -3.84. The van der Waals surface area contributed by atoms with Crippen LogP contribution in [-0.4, -0.2) is 61.9 Å². The molecule has 0 spiro atoms. The largest absolute Gasteiger partial charge is 0.372 e. The van der Waals surface area contributed by atoms with Crippen LogP contribution in [0.5, 0.6) is 0 Å². The van der Waals surface area contributed by atoms with E-state index in [1.807, 2.05) is 32.9 Å². The minimum Gasteiger partial charge on any atom is -0.372 e. The molecule has 2 unspecified atom stereocenters. The number of benzene rings is 1. The molecule has 2 atom stereocenters. The summed E-state index contributed by atoms with van der Waals surface area (Å²) in [6.07, 6.45) is -0.277. The normalized spacial score (nSPS) is 21.0. The van der Waals surface area contributed by atoms with Gasteiger partial charge in [0.15, 0.2) is 9.84 Å². The number of hydrogen-bond donors (Lipinski definition) is 1. The van der Waals surface area contributed by atoms with Crippen LogP contribution in [0.2, 0.25) is 0 Å². The molecule has 0 radical (unpaired) electrons. The third kappa shape index (κ3) is 6.13. The highest BCUT2D eigenvalue weighted by Crippen LogP contribution is 2.12. The summed E-state index contributed by atoms with van der Waals surface area (Å²) < 4.78 is 29.9. The minimum atomic E-state index is -3.84. The molecule has 2 amide bonds. The van der Waals surface area contributed by atoms with Crippen LogP contribution in [0, 0.1) is 6.92 Å². The van der Waals surface area contributed by atoms with Gasteiger partial charge < -0.3 is 15.0 Å². The Kier molecular flexibility index (Phi) is 6.18. The Balaban J connectivity index is 1.91. The average molecular weight is 368 g/mol. The molecule has 1 saturated heterocycles. The molecule has 1 aromatic rings. The fourth-order valence-corrected chi connectivity index (χ4v) is 3.88. The SMILES string of the molecule is Cc1ccc(NC(=O)CS(=O)(=O)CC(=O)N2CC(C)OC(C)C2)cc1. The molecule has 1 aliphatic rings. The van der Waals surface area contributed by atoms with E-state index < -0.39 is 33.2 Å². The standard InChI is InChI=1S/C17H24N2O5S/c1-12-4-6-15(7-5-12)18-16(20)10-25(22,23)11-17(21)19-8-13(2)24-14(3)9-19/h4-7,13-14H,8-11H2,1-3H3,(H,18,20). The number of rotatable bonds is 5. The third-order valence-corrected chi connectivity index (χ3v) is 5.19. The van der Waals surface area contributed by atoms with Crippen LogP contribution in [0.4, 0.5) is 5.69 Å². The lowest BCUT2D eigenvalue weighted by molar-refractivity contribution is -0.140. The number of carbonyl (C=O) groups excluding carboxylic acids is 2. The second-order valence-corrected chi connectivity index (χ2v) is 8.57. The zero-order valence-electron chi connectivity index (χ0n) is 14.7. The number of aryl methyl sites for hydroxylation is 1. The number of hydrogen-bond acceptors (Lipinski definition) is 5. The lowest BCUT2D eigenvalue weighted by atomic mass is 10.2. The number of carbonyl (C=O) groups is 2. The van der Waals surface area contributed by atoms with Gasteiger partial charge in [-0.1, -0.05) is 17.7 Å². The Hall–Kier alpha value is -1.93. The molecule has 1 fully saturated rings. The first-order valence-corrected chi connectivity index (χ1v) is 9.97. The number of nitrogens with zero attached hydrogens (tertiary/aromatic N) is 1. The van der Waals surface area contributed by atoms with Crippen LogP contribution in [-0.2, 0) is 24.2 Å². The third-order valence-electron chi connectivity index (χ3n) is 3.80. The molecule has 25 heavy (non-hydrogen) atoms. The van der Waals surface area contributed by atoms with Crippen molar-refractivity contribution in [2.75, 3.05) is 29.9 Å². The maximum Gasteiger partial charge on any atom is 0.239 e. The maximum absolute atomic E-state index is 12.2. The van der Waals surface area contributed by atoms with Crippen molar-refractivity contribution < 1.29 is 22.7 Å². The quantitative estimate of drug-likeness (QED) is 0.836. The van der Waals surface area contributed by atoms with Gasteiger partial charge in [0.25, 0.3) is 0 Å². The molecule has 7 nitrogen and oxygen atoms in total. The molecule has 0 aromatic heterocycles. The zero-order chi connectivity index (χ0) is 18.6. The second kappa shape index (κ2) is 7.97. The van der Waals surface area contributed by atoms with Gasteiger partial charge in [-0.2, -0.15) is 0 Å². The maximum atomic E-state index is 12.2.